The second-order valence-corrected chi connectivity index (χ2v) is 11.0. The van der Waals surface area contributed by atoms with Crippen LogP contribution in [0.3, 0.4) is 0 Å². The van der Waals surface area contributed by atoms with E-state index in [1.165, 1.54) is 24.9 Å². The quantitative estimate of drug-likeness (QED) is 0.529. The van der Waals surface area contributed by atoms with E-state index in [0.29, 0.717) is 5.92 Å². The van der Waals surface area contributed by atoms with Gasteiger partial charge in [-0.2, -0.15) is 0 Å². The third-order valence-electron chi connectivity index (χ3n) is 9.46. The Morgan fingerprint density at radius 1 is 1.16 bits per heavy atom. The lowest BCUT2D eigenvalue weighted by molar-refractivity contribution is -0.146. The fraction of sp³-hybridized carbons (Fsp3) is 0.731. The first-order valence-electron chi connectivity index (χ1n) is 12.4. The Kier molecular flexibility index (Phi) is 4.78. The molecule has 7 atom stereocenters. The molecule has 0 amide bonds. The monoisotopic (exact) mass is 440 g/mol. The lowest BCUT2D eigenvalue weighted by Gasteiger charge is -2.49. The number of fused-ring (bicyclic) bond motifs is 2. The first-order chi connectivity index (χ1) is 15.4. The highest BCUT2D eigenvalue weighted by molar-refractivity contribution is 5.76. The van der Waals surface area contributed by atoms with Crippen LogP contribution in [0, 0.1) is 23.2 Å². The van der Waals surface area contributed by atoms with Gasteiger partial charge < -0.3 is 19.1 Å². The summed E-state index contributed by atoms with van der Waals surface area (Å²) >= 11 is 0. The summed E-state index contributed by atoms with van der Waals surface area (Å²) in [5.74, 6) is 1.67. The highest BCUT2D eigenvalue weighted by Crippen LogP contribution is 2.70. The molecule has 5 aliphatic rings. The third-order valence-corrected chi connectivity index (χ3v) is 9.46. The molecule has 3 heterocycles. The fourth-order valence-electron chi connectivity index (χ4n) is 7.70. The Balaban J connectivity index is 1.12. The Morgan fingerprint density at radius 2 is 1.91 bits per heavy atom. The van der Waals surface area contributed by atoms with E-state index >= 15 is 0 Å². The van der Waals surface area contributed by atoms with Gasteiger partial charge in [0, 0.05) is 49.7 Å². The molecule has 6 rings (SSSR count). The molecule has 6 nitrogen and oxygen atoms in total. The molecule has 0 N–H and O–H groups in total. The number of piperazine rings is 1. The van der Waals surface area contributed by atoms with Crippen molar-refractivity contribution in [1.29, 1.82) is 0 Å². The summed E-state index contributed by atoms with van der Waals surface area (Å²) in [5.41, 5.74) is 1.39. The molecule has 2 aliphatic carbocycles. The summed E-state index contributed by atoms with van der Waals surface area (Å²) in [7, 11) is 1.70. The zero-order valence-electron chi connectivity index (χ0n) is 19.6. The minimum atomic E-state index is -0.0458. The highest BCUT2D eigenvalue weighted by atomic mass is 16.6. The van der Waals surface area contributed by atoms with Gasteiger partial charge in [0.25, 0.3) is 0 Å². The summed E-state index contributed by atoms with van der Waals surface area (Å²) in [6.07, 6.45) is 4.94. The predicted molar refractivity (Wildman–Crippen MR) is 122 cm³/mol. The molecule has 32 heavy (non-hydrogen) atoms. The number of carbonyl (C=O) groups excluding carboxylic acids is 1. The van der Waals surface area contributed by atoms with Crippen LogP contribution in [-0.4, -0.2) is 68.5 Å². The van der Waals surface area contributed by atoms with Crippen molar-refractivity contribution < 1.29 is 19.0 Å². The van der Waals surface area contributed by atoms with Crippen molar-refractivity contribution in [3.05, 3.63) is 24.3 Å². The number of carbonyl (C=O) groups is 1. The number of ether oxygens (including phenoxy) is 3. The molecule has 0 radical (unpaired) electrons. The minimum absolute atomic E-state index is 0.00822. The van der Waals surface area contributed by atoms with Crippen molar-refractivity contribution in [2.75, 3.05) is 44.7 Å². The van der Waals surface area contributed by atoms with Gasteiger partial charge in [0.15, 0.2) is 0 Å². The van der Waals surface area contributed by atoms with Gasteiger partial charge in [-0.1, -0.05) is 20.3 Å². The molecule has 3 unspecified atom stereocenters. The smallest absolute Gasteiger partial charge is 0.311 e. The van der Waals surface area contributed by atoms with E-state index in [1.807, 2.05) is 12.1 Å². The number of hydrogen-bond donors (Lipinski definition) is 0. The average Bonchev–Trinajstić information content (AvgIpc) is 3.49. The van der Waals surface area contributed by atoms with Gasteiger partial charge in [-0.05, 0) is 49.4 Å². The first-order valence-corrected chi connectivity index (χ1v) is 12.4. The summed E-state index contributed by atoms with van der Waals surface area (Å²) < 4.78 is 17.9. The van der Waals surface area contributed by atoms with E-state index in [2.05, 4.69) is 35.8 Å². The maximum atomic E-state index is 13.0. The third kappa shape index (κ3) is 2.95. The van der Waals surface area contributed by atoms with Crippen LogP contribution in [0.5, 0.6) is 5.75 Å². The van der Waals surface area contributed by atoms with Gasteiger partial charge in [-0.25, -0.2) is 0 Å². The molecule has 3 aliphatic heterocycles. The van der Waals surface area contributed by atoms with E-state index in [9.17, 15) is 4.79 Å². The second-order valence-electron chi connectivity index (χ2n) is 11.0. The van der Waals surface area contributed by atoms with Crippen molar-refractivity contribution in [1.82, 2.24) is 4.90 Å². The molecule has 6 heteroatoms. The summed E-state index contributed by atoms with van der Waals surface area (Å²) in [6.45, 7) is 9.44. The molecular weight excluding hydrogens is 404 g/mol. The molecule has 174 valence electrons. The van der Waals surface area contributed by atoms with Crippen molar-refractivity contribution in [3.63, 3.8) is 0 Å². The van der Waals surface area contributed by atoms with Crippen molar-refractivity contribution in [3.8, 4) is 5.75 Å². The molecule has 2 saturated carbocycles. The topological polar surface area (TPSA) is 54.5 Å². The number of methoxy groups -OCH3 is 1. The lowest BCUT2D eigenvalue weighted by atomic mass is 9.53. The SMILES string of the molecule is COc1ccc(N2CCN(CC3C(=O)O[C@@H]4C[C@@]5(C)CCC[C@H](C)C56OC6[C@H]34)CC2)cc1. The summed E-state index contributed by atoms with van der Waals surface area (Å²) in [6, 6.07) is 8.29. The van der Waals surface area contributed by atoms with Crippen LogP contribution in [0.2, 0.25) is 0 Å². The summed E-state index contributed by atoms with van der Waals surface area (Å²) in [5, 5.41) is 0. The standard InChI is InChI=1S/C26H36N2O4/c1-17-5-4-10-25(2)15-21-22(23-26(17,25)32-23)20(24(29)31-21)16-27-11-13-28(14-12-27)18-6-8-19(30-3)9-7-18/h6-9,17,20-23H,4-5,10-16H2,1-3H3/t17-,20?,21+,22+,23?,25+,26?/m0/s1. The average molecular weight is 441 g/mol. The van der Waals surface area contributed by atoms with Crippen molar-refractivity contribution in [2.24, 2.45) is 23.2 Å². The van der Waals surface area contributed by atoms with Gasteiger partial charge in [0.2, 0.25) is 0 Å². The zero-order chi connectivity index (χ0) is 22.1. The number of anilines is 1. The van der Waals surface area contributed by atoms with E-state index in [-0.39, 0.29) is 41.0 Å². The fourth-order valence-corrected chi connectivity index (χ4v) is 7.70. The normalized spacial score (nSPS) is 43.2. The van der Waals surface area contributed by atoms with E-state index in [1.54, 1.807) is 7.11 Å². The Morgan fingerprint density at radius 3 is 2.62 bits per heavy atom. The van der Waals surface area contributed by atoms with Gasteiger partial charge in [-0.3, -0.25) is 9.69 Å². The molecule has 1 aromatic carbocycles. The van der Waals surface area contributed by atoms with Crippen LogP contribution in [0.25, 0.3) is 0 Å². The number of esters is 1. The van der Waals surface area contributed by atoms with E-state index < -0.39 is 0 Å². The van der Waals surface area contributed by atoms with Gasteiger partial charge in [-0.15, -0.1) is 0 Å². The van der Waals surface area contributed by atoms with Crippen molar-refractivity contribution >= 4 is 11.7 Å². The number of hydrogen-bond acceptors (Lipinski definition) is 6. The summed E-state index contributed by atoms with van der Waals surface area (Å²) in [4.78, 5) is 17.9. The van der Waals surface area contributed by atoms with E-state index in [0.717, 1.165) is 44.9 Å². The number of nitrogens with zero attached hydrogens (tertiary/aromatic N) is 2. The predicted octanol–water partition coefficient (Wildman–Crippen LogP) is 3.34. The molecular formula is C26H36N2O4. The zero-order valence-corrected chi connectivity index (χ0v) is 19.6. The number of epoxide rings is 1. The van der Waals surface area contributed by atoms with Crippen LogP contribution in [0.1, 0.15) is 39.5 Å². The maximum Gasteiger partial charge on any atom is 0.311 e. The Hall–Kier alpha value is -1.79. The van der Waals surface area contributed by atoms with Crippen LogP contribution in [-0.2, 0) is 14.3 Å². The first kappa shape index (κ1) is 20.8. The van der Waals surface area contributed by atoms with Gasteiger partial charge >= 0.3 is 5.97 Å². The number of benzene rings is 1. The molecule has 1 aromatic rings. The largest absolute Gasteiger partial charge is 0.497 e. The molecule has 0 aromatic heterocycles. The minimum Gasteiger partial charge on any atom is -0.497 e. The molecule has 3 saturated heterocycles. The van der Waals surface area contributed by atoms with Gasteiger partial charge in [0.05, 0.1) is 19.1 Å². The van der Waals surface area contributed by atoms with Crippen LogP contribution in [0.15, 0.2) is 24.3 Å². The van der Waals surface area contributed by atoms with Crippen molar-refractivity contribution in [2.45, 2.75) is 57.3 Å². The lowest BCUT2D eigenvalue weighted by Crippen LogP contribution is -2.55. The Labute approximate surface area is 191 Å². The molecule has 5 fully saturated rings. The second kappa shape index (κ2) is 7.36. The van der Waals surface area contributed by atoms with Crippen LogP contribution < -0.4 is 9.64 Å². The van der Waals surface area contributed by atoms with Crippen LogP contribution >= 0.6 is 0 Å². The van der Waals surface area contributed by atoms with Crippen LogP contribution in [0.4, 0.5) is 5.69 Å². The Bertz CT molecular complexity index is 882. The molecule has 1 spiro atoms. The molecule has 0 bridgehead atoms. The maximum absolute atomic E-state index is 13.0. The van der Waals surface area contributed by atoms with E-state index in [4.69, 9.17) is 14.2 Å². The number of rotatable bonds is 4. The highest BCUT2D eigenvalue weighted by Gasteiger charge is 2.78. The van der Waals surface area contributed by atoms with Gasteiger partial charge in [0.1, 0.15) is 17.5 Å².